The van der Waals surface area contributed by atoms with Gasteiger partial charge in [0.2, 0.25) is 5.91 Å². The normalized spacial score (nSPS) is 16.9. The van der Waals surface area contributed by atoms with E-state index in [4.69, 9.17) is 5.73 Å². The van der Waals surface area contributed by atoms with Crippen LogP contribution in [0.2, 0.25) is 0 Å². The third-order valence-electron chi connectivity index (χ3n) is 3.24. The van der Waals surface area contributed by atoms with Crippen molar-refractivity contribution < 1.29 is 4.79 Å². The Morgan fingerprint density at radius 3 is 2.82 bits per heavy atom. The summed E-state index contributed by atoms with van der Waals surface area (Å²) in [6.45, 7) is 1.19. The molecule has 0 saturated heterocycles. The van der Waals surface area contributed by atoms with E-state index in [0.717, 1.165) is 11.7 Å². The van der Waals surface area contributed by atoms with Gasteiger partial charge in [-0.25, -0.2) is 4.98 Å². The maximum absolute atomic E-state index is 11.1. The molecule has 0 aromatic carbocycles. The van der Waals surface area contributed by atoms with Crippen LogP contribution in [0.25, 0.3) is 0 Å². The van der Waals surface area contributed by atoms with Gasteiger partial charge in [0.1, 0.15) is 0 Å². The van der Waals surface area contributed by atoms with Crippen molar-refractivity contribution in [3.05, 3.63) is 11.6 Å². The quantitative estimate of drug-likeness (QED) is 0.873. The first-order chi connectivity index (χ1) is 8.25. The third-order valence-corrected chi connectivity index (χ3v) is 4.07. The van der Waals surface area contributed by atoms with Gasteiger partial charge in [-0.2, -0.15) is 0 Å². The lowest BCUT2D eigenvalue weighted by Gasteiger charge is -2.28. The van der Waals surface area contributed by atoms with Gasteiger partial charge in [0, 0.05) is 18.1 Å². The van der Waals surface area contributed by atoms with E-state index < -0.39 is 0 Å². The first kappa shape index (κ1) is 12.4. The number of carbonyl (C=O) groups excluding carboxylic acids is 1. The van der Waals surface area contributed by atoms with Crippen LogP contribution in [0.5, 0.6) is 0 Å². The second-order valence-corrected chi connectivity index (χ2v) is 5.54. The van der Waals surface area contributed by atoms with Crippen LogP contribution >= 0.6 is 11.3 Å². The number of hydrogen-bond acceptors (Lipinski definition) is 4. The van der Waals surface area contributed by atoms with E-state index >= 15 is 0 Å². The van der Waals surface area contributed by atoms with Gasteiger partial charge in [0.15, 0.2) is 5.13 Å². The van der Waals surface area contributed by atoms with Crippen LogP contribution in [0, 0.1) is 5.92 Å². The monoisotopic (exact) mass is 253 g/mol. The molecule has 94 valence electrons. The number of primary amides is 1. The maximum Gasteiger partial charge on any atom is 0.237 e. The fourth-order valence-electron chi connectivity index (χ4n) is 2.45. The summed E-state index contributed by atoms with van der Waals surface area (Å²) in [5.41, 5.74) is 5.30. The Balaban J connectivity index is 1.97. The molecule has 0 bridgehead atoms. The average molecular weight is 253 g/mol. The van der Waals surface area contributed by atoms with E-state index in [0.29, 0.717) is 5.92 Å². The molecule has 4 nitrogen and oxygen atoms in total. The summed E-state index contributed by atoms with van der Waals surface area (Å²) in [7, 11) is 0. The number of anilines is 1. The summed E-state index contributed by atoms with van der Waals surface area (Å²) < 4.78 is 0. The summed E-state index contributed by atoms with van der Waals surface area (Å²) in [4.78, 5) is 17.4. The van der Waals surface area contributed by atoms with Crippen molar-refractivity contribution in [3.63, 3.8) is 0 Å². The van der Waals surface area contributed by atoms with Crippen molar-refractivity contribution in [2.45, 2.75) is 32.1 Å². The predicted octanol–water partition coefficient (Wildman–Crippen LogP) is 2.02. The second kappa shape index (κ2) is 6.00. The minimum Gasteiger partial charge on any atom is -0.368 e. The molecular formula is C12H19N3OS. The molecule has 17 heavy (non-hydrogen) atoms. The van der Waals surface area contributed by atoms with Crippen molar-refractivity contribution in [1.29, 1.82) is 0 Å². The number of nitrogens with zero attached hydrogens (tertiary/aromatic N) is 2. The average Bonchev–Trinajstić information content (AvgIpc) is 2.82. The topological polar surface area (TPSA) is 59.2 Å². The highest BCUT2D eigenvalue weighted by Crippen LogP contribution is 2.27. The molecular weight excluding hydrogens is 234 g/mol. The smallest absolute Gasteiger partial charge is 0.237 e. The van der Waals surface area contributed by atoms with Crippen molar-refractivity contribution in [2.24, 2.45) is 11.7 Å². The SMILES string of the molecule is NC(=O)CN(CC1CCCCC1)c1nccs1. The van der Waals surface area contributed by atoms with E-state index in [1.165, 1.54) is 32.1 Å². The van der Waals surface area contributed by atoms with Crippen LogP contribution < -0.4 is 10.6 Å². The highest BCUT2D eigenvalue weighted by molar-refractivity contribution is 7.13. The fourth-order valence-corrected chi connectivity index (χ4v) is 3.11. The minimum atomic E-state index is -0.281. The van der Waals surface area contributed by atoms with Crippen molar-refractivity contribution in [3.8, 4) is 0 Å². The van der Waals surface area contributed by atoms with E-state index in [9.17, 15) is 4.79 Å². The van der Waals surface area contributed by atoms with Gasteiger partial charge in [0.25, 0.3) is 0 Å². The molecule has 2 N–H and O–H groups in total. The molecule has 0 atom stereocenters. The molecule has 1 saturated carbocycles. The Bertz CT molecular complexity index is 347. The Morgan fingerprint density at radius 1 is 1.47 bits per heavy atom. The zero-order chi connectivity index (χ0) is 12.1. The Kier molecular flexibility index (Phi) is 4.36. The van der Waals surface area contributed by atoms with Gasteiger partial charge in [-0.1, -0.05) is 19.3 Å². The van der Waals surface area contributed by atoms with Crippen LogP contribution in [-0.2, 0) is 4.79 Å². The molecule has 0 aliphatic heterocycles. The highest BCUT2D eigenvalue weighted by atomic mass is 32.1. The molecule has 1 aliphatic carbocycles. The second-order valence-electron chi connectivity index (χ2n) is 4.67. The third kappa shape index (κ3) is 3.70. The van der Waals surface area contributed by atoms with Crippen LogP contribution in [0.1, 0.15) is 32.1 Å². The van der Waals surface area contributed by atoms with Crippen molar-refractivity contribution >= 4 is 22.4 Å². The van der Waals surface area contributed by atoms with Gasteiger partial charge in [-0.3, -0.25) is 4.79 Å². The molecule has 1 aromatic heterocycles. The summed E-state index contributed by atoms with van der Waals surface area (Å²) in [6.07, 6.45) is 8.28. The molecule has 2 rings (SSSR count). The molecule has 0 unspecified atom stereocenters. The summed E-state index contributed by atoms with van der Waals surface area (Å²) in [6, 6.07) is 0. The lowest BCUT2D eigenvalue weighted by atomic mass is 9.89. The fraction of sp³-hybridized carbons (Fsp3) is 0.667. The first-order valence-electron chi connectivity index (χ1n) is 6.18. The van der Waals surface area contributed by atoms with E-state index in [1.54, 1.807) is 17.5 Å². The van der Waals surface area contributed by atoms with Gasteiger partial charge in [-0.15, -0.1) is 11.3 Å². The highest BCUT2D eigenvalue weighted by Gasteiger charge is 2.19. The van der Waals surface area contributed by atoms with Crippen LogP contribution in [-0.4, -0.2) is 24.0 Å². The van der Waals surface area contributed by atoms with Gasteiger partial charge in [-0.05, 0) is 18.8 Å². The molecule has 5 heteroatoms. The van der Waals surface area contributed by atoms with E-state index in [2.05, 4.69) is 4.98 Å². The van der Waals surface area contributed by atoms with Gasteiger partial charge < -0.3 is 10.6 Å². The Morgan fingerprint density at radius 2 is 2.24 bits per heavy atom. The lowest BCUT2D eigenvalue weighted by molar-refractivity contribution is -0.116. The van der Waals surface area contributed by atoms with Crippen LogP contribution in [0.3, 0.4) is 0 Å². The largest absolute Gasteiger partial charge is 0.368 e. The summed E-state index contributed by atoms with van der Waals surface area (Å²) in [5, 5.41) is 2.85. The molecule has 1 amide bonds. The maximum atomic E-state index is 11.1. The first-order valence-corrected chi connectivity index (χ1v) is 7.06. The molecule has 1 aromatic rings. The van der Waals surface area contributed by atoms with Gasteiger partial charge >= 0.3 is 0 Å². The van der Waals surface area contributed by atoms with Crippen molar-refractivity contribution in [1.82, 2.24) is 4.98 Å². The number of carbonyl (C=O) groups is 1. The molecule has 1 heterocycles. The van der Waals surface area contributed by atoms with Crippen LogP contribution in [0.15, 0.2) is 11.6 Å². The molecule has 0 radical (unpaired) electrons. The summed E-state index contributed by atoms with van der Waals surface area (Å²) >= 11 is 1.57. The number of nitrogens with two attached hydrogens (primary N) is 1. The number of thiazole rings is 1. The zero-order valence-corrected chi connectivity index (χ0v) is 10.8. The number of hydrogen-bond donors (Lipinski definition) is 1. The van der Waals surface area contributed by atoms with Gasteiger partial charge in [0.05, 0.1) is 6.54 Å². The van der Waals surface area contributed by atoms with E-state index in [-0.39, 0.29) is 12.5 Å². The molecule has 0 spiro atoms. The van der Waals surface area contributed by atoms with E-state index in [1.807, 2.05) is 10.3 Å². The Labute approximate surface area is 106 Å². The molecule has 1 aliphatic rings. The minimum absolute atomic E-state index is 0.281. The standard InChI is InChI=1S/C12H19N3OS/c13-11(16)9-15(12-14-6-7-17-12)8-10-4-2-1-3-5-10/h6-7,10H,1-5,8-9H2,(H2,13,16). The Hall–Kier alpha value is -1.10. The number of aromatic nitrogens is 1. The number of rotatable bonds is 5. The summed E-state index contributed by atoms with van der Waals surface area (Å²) in [5.74, 6) is 0.406. The van der Waals surface area contributed by atoms with Crippen LogP contribution in [0.4, 0.5) is 5.13 Å². The predicted molar refractivity (Wildman–Crippen MR) is 70.1 cm³/mol. The molecule has 1 fully saturated rings. The number of amides is 1. The van der Waals surface area contributed by atoms with Crippen molar-refractivity contribution in [2.75, 3.05) is 18.0 Å². The zero-order valence-electron chi connectivity index (χ0n) is 9.97. The lowest BCUT2D eigenvalue weighted by Crippen LogP contribution is -2.37.